The second-order valence-corrected chi connectivity index (χ2v) is 16.7. The van der Waals surface area contributed by atoms with Crippen molar-refractivity contribution in [1.29, 1.82) is 0 Å². The molecule has 76 heavy (non-hydrogen) atoms. The summed E-state index contributed by atoms with van der Waals surface area (Å²) in [7, 11) is 0. The maximum atomic E-state index is 12.8. The molecular weight excluding hydrogens is 1020 g/mol. The number of benzene rings is 6. The number of non-ortho nitro benzene ring substituents is 2. The van der Waals surface area contributed by atoms with Gasteiger partial charge in [0.1, 0.15) is 6.61 Å². The third-order valence-electron chi connectivity index (χ3n) is 11.5. The summed E-state index contributed by atoms with van der Waals surface area (Å²) >= 11 is 6.17. The number of ether oxygens (including phenoxy) is 2. The van der Waals surface area contributed by atoms with Crippen LogP contribution in [0.15, 0.2) is 133 Å². The highest BCUT2D eigenvalue weighted by molar-refractivity contribution is 6.30. The van der Waals surface area contributed by atoms with Crippen molar-refractivity contribution in [2.45, 2.75) is 18.9 Å². The smallest absolute Gasteiger partial charge is 0.324 e. The van der Waals surface area contributed by atoms with Crippen LogP contribution in [-0.2, 0) is 14.3 Å². The molecule has 27 heteroatoms. The summed E-state index contributed by atoms with van der Waals surface area (Å²) in [5, 5.41) is 81.2. The minimum atomic E-state index is -1.21. The number of nitrogens with zero attached hydrogens (tertiary/aromatic N) is 8. The molecule has 0 saturated carbocycles. The summed E-state index contributed by atoms with van der Waals surface area (Å²) in [5.74, 6) is -3.30. The summed E-state index contributed by atoms with van der Waals surface area (Å²) in [6, 6.07) is 37.1. The van der Waals surface area contributed by atoms with E-state index < -0.39 is 81.1 Å². The van der Waals surface area contributed by atoms with Crippen molar-refractivity contribution in [3.05, 3.63) is 227 Å². The van der Waals surface area contributed by atoms with Gasteiger partial charge in [0.05, 0.1) is 79.0 Å². The van der Waals surface area contributed by atoms with Crippen molar-refractivity contribution in [3.63, 3.8) is 0 Å². The predicted octanol–water partition coefficient (Wildman–Crippen LogP) is 8.88. The van der Waals surface area contributed by atoms with Gasteiger partial charge in [0, 0.05) is 48.9 Å². The van der Waals surface area contributed by atoms with E-state index in [4.69, 9.17) is 31.3 Å². The van der Waals surface area contributed by atoms with Gasteiger partial charge in [0.15, 0.2) is 5.78 Å². The maximum absolute atomic E-state index is 12.8. The van der Waals surface area contributed by atoms with Crippen molar-refractivity contribution in [1.82, 2.24) is 9.80 Å². The Morgan fingerprint density at radius 2 is 0.974 bits per heavy atom. The van der Waals surface area contributed by atoms with E-state index in [1.807, 2.05) is 36.4 Å². The number of hydrogen-bond acceptors (Lipinski definition) is 20. The molecule has 1 heterocycles. The number of carbonyl (C=O) groups excluding carboxylic acids is 2. The summed E-state index contributed by atoms with van der Waals surface area (Å²) in [6.07, 6.45) is 0. The van der Waals surface area contributed by atoms with Crippen LogP contribution in [0.25, 0.3) is 0 Å². The van der Waals surface area contributed by atoms with Gasteiger partial charge in [-0.05, 0) is 41.8 Å². The van der Waals surface area contributed by atoms with Crippen LogP contribution in [-0.4, -0.2) is 114 Å². The number of ketones is 1. The van der Waals surface area contributed by atoms with Gasteiger partial charge in [-0.15, -0.1) is 0 Å². The van der Waals surface area contributed by atoms with Gasteiger partial charge in [-0.25, -0.2) is 0 Å². The zero-order chi connectivity index (χ0) is 55.6. The van der Waals surface area contributed by atoms with Crippen LogP contribution in [0.1, 0.15) is 51.5 Å². The molecule has 1 aliphatic heterocycles. The van der Waals surface area contributed by atoms with E-state index in [0.717, 1.165) is 43.3 Å². The number of nitro benzene ring substituents is 6. The number of halogens is 1. The highest BCUT2D eigenvalue weighted by atomic mass is 35.5. The molecule has 1 fully saturated rings. The molecule has 2 unspecified atom stereocenters. The van der Waals surface area contributed by atoms with E-state index in [1.165, 1.54) is 11.1 Å². The van der Waals surface area contributed by atoms with E-state index >= 15 is 0 Å². The van der Waals surface area contributed by atoms with Crippen LogP contribution in [0, 0.1) is 60.7 Å². The fraction of sp³-hybridized carbons (Fsp3) is 0.224. The Morgan fingerprint density at radius 1 is 0.539 bits per heavy atom. The van der Waals surface area contributed by atoms with Crippen LogP contribution in [0.2, 0.25) is 5.02 Å². The number of rotatable bonds is 19. The Balaban J connectivity index is 0.000000271. The standard InChI is InChI=1S/C37H39ClN2O4.2C6H3N3O7/c1-28(32-13-8-14-33(27-32)36(41)31-11-6-3-7-12-31)37(42)44-26-25-43-24-23-39-19-21-40(22-20-39)35(29-9-4-2-5-10-29)30-15-17-34(38)18-16-30;2*10-6-4(8(13)14)1-3(7(11)12)2-5(6)9(15)16/h2-18,27-28,35H,19-26H2,1H3;2*1-2,10H. The molecule has 396 valence electrons. The molecule has 2 N–H and O–H groups in total. The molecule has 26 nitrogen and oxygen atoms in total. The van der Waals surface area contributed by atoms with Crippen LogP contribution in [0.4, 0.5) is 34.1 Å². The van der Waals surface area contributed by atoms with Crippen molar-refractivity contribution in [2.24, 2.45) is 0 Å². The van der Waals surface area contributed by atoms with Crippen molar-refractivity contribution in [2.75, 3.05) is 52.5 Å². The van der Waals surface area contributed by atoms with E-state index in [-0.39, 0.29) is 24.4 Å². The Labute approximate surface area is 434 Å². The largest absolute Gasteiger partial charge is 0.497 e. The van der Waals surface area contributed by atoms with Gasteiger partial charge in [-0.3, -0.25) is 80.1 Å². The van der Waals surface area contributed by atoms with E-state index in [1.54, 1.807) is 37.3 Å². The van der Waals surface area contributed by atoms with E-state index in [9.17, 15) is 70.3 Å². The average Bonchev–Trinajstić information content (AvgIpc) is 3.40. The van der Waals surface area contributed by atoms with Gasteiger partial charge in [0.2, 0.25) is 0 Å². The number of piperazine rings is 1. The van der Waals surface area contributed by atoms with Crippen molar-refractivity contribution in [3.8, 4) is 11.5 Å². The first-order valence-electron chi connectivity index (χ1n) is 22.5. The minimum absolute atomic E-state index is 0.0691. The average molecular weight is 1070 g/mol. The molecule has 1 aliphatic rings. The van der Waals surface area contributed by atoms with E-state index in [2.05, 4.69) is 52.3 Å². The predicted molar refractivity (Wildman–Crippen MR) is 270 cm³/mol. The number of aromatic hydroxyl groups is 2. The molecule has 0 aliphatic carbocycles. The first-order chi connectivity index (χ1) is 36.2. The van der Waals surface area contributed by atoms with E-state index in [0.29, 0.717) is 48.6 Å². The Kier molecular flexibility index (Phi) is 20.5. The number of esters is 1. The molecule has 0 spiro atoms. The fourth-order valence-corrected chi connectivity index (χ4v) is 7.68. The topological polar surface area (TPSA) is 358 Å². The van der Waals surface area contributed by atoms with Gasteiger partial charge in [-0.2, -0.15) is 0 Å². The summed E-state index contributed by atoms with van der Waals surface area (Å²) in [5.41, 5.74) is -1.55. The summed E-state index contributed by atoms with van der Waals surface area (Å²) in [6.45, 7) is 7.57. The SMILES string of the molecule is CC(C(=O)OCCOCCN1CCN(C(c2ccccc2)c2ccc(Cl)cc2)CC1)c1cccc(C(=O)c2ccccc2)c1.O=[N+]([O-])c1cc([N+](=O)[O-])c(O)c([N+](=O)[O-])c1.O=[N+]([O-])c1cc([N+](=O)[O-])c(O)c([N+](=O)[O-])c1. The van der Waals surface area contributed by atoms with Crippen molar-refractivity contribution < 1.29 is 58.8 Å². The van der Waals surface area contributed by atoms with Crippen LogP contribution in [0.5, 0.6) is 11.5 Å². The molecule has 6 aromatic carbocycles. The third-order valence-corrected chi connectivity index (χ3v) is 11.7. The van der Waals surface area contributed by atoms with Crippen LogP contribution < -0.4 is 0 Å². The molecule has 0 aromatic heterocycles. The lowest BCUT2D eigenvalue weighted by Crippen LogP contribution is -2.48. The van der Waals surface area contributed by atoms with Crippen LogP contribution in [0.3, 0.4) is 0 Å². The fourth-order valence-electron chi connectivity index (χ4n) is 7.55. The lowest BCUT2D eigenvalue weighted by atomic mass is 9.96. The van der Waals surface area contributed by atoms with Crippen molar-refractivity contribution >= 4 is 57.5 Å². The lowest BCUT2D eigenvalue weighted by Gasteiger charge is -2.39. The zero-order valence-electron chi connectivity index (χ0n) is 39.9. The molecule has 1 saturated heterocycles. The molecule has 0 bridgehead atoms. The number of phenolic OH excluding ortho intramolecular Hbond substituents is 2. The molecule has 7 rings (SSSR count). The van der Waals surface area contributed by atoms with Crippen LogP contribution >= 0.6 is 11.6 Å². The lowest BCUT2D eigenvalue weighted by molar-refractivity contribution is -0.404. The minimum Gasteiger partial charge on any atom is -0.497 e. The van der Waals surface area contributed by atoms with Gasteiger partial charge in [0.25, 0.3) is 22.9 Å². The molecule has 0 radical (unpaired) electrons. The Hall–Kier alpha value is -9.37. The maximum Gasteiger partial charge on any atom is 0.324 e. The van der Waals surface area contributed by atoms with Gasteiger partial charge in [-0.1, -0.05) is 103 Å². The number of carbonyl (C=O) groups is 2. The monoisotopic (exact) mass is 1070 g/mol. The summed E-state index contributed by atoms with van der Waals surface area (Å²) < 4.78 is 11.3. The first kappa shape index (κ1) is 57.5. The summed E-state index contributed by atoms with van der Waals surface area (Å²) in [4.78, 5) is 86.0. The molecule has 0 amide bonds. The third kappa shape index (κ3) is 15.6. The number of nitro groups is 6. The van der Waals surface area contributed by atoms with Gasteiger partial charge < -0.3 is 19.7 Å². The Bertz CT molecular complexity index is 2930. The normalized spacial score (nSPS) is 13.0. The van der Waals surface area contributed by atoms with Gasteiger partial charge >= 0.3 is 28.7 Å². The Morgan fingerprint density at radius 3 is 1.43 bits per heavy atom. The molecular formula is C49H45ClN8O18. The quantitative estimate of drug-likeness (QED) is 0.0251. The zero-order valence-corrected chi connectivity index (χ0v) is 40.7. The second-order valence-electron chi connectivity index (χ2n) is 16.3. The molecule has 2 atom stereocenters. The molecule has 6 aromatic rings. The first-order valence-corrected chi connectivity index (χ1v) is 22.9. The number of hydrogen-bond donors (Lipinski definition) is 2. The highest BCUT2D eigenvalue weighted by Gasteiger charge is 2.32. The number of phenols is 2. The highest BCUT2D eigenvalue weighted by Crippen LogP contribution is 2.40. The second kappa shape index (κ2) is 27.1.